The van der Waals surface area contributed by atoms with Gasteiger partial charge in [-0.25, -0.2) is 13.2 Å². The Bertz CT molecular complexity index is 870. The predicted octanol–water partition coefficient (Wildman–Crippen LogP) is 2.76. The first-order valence-corrected chi connectivity index (χ1v) is 13.9. The van der Waals surface area contributed by atoms with Crippen molar-refractivity contribution in [1.82, 2.24) is 19.4 Å². The van der Waals surface area contributed by atoms with Crippen LogP contribution in [-0.2, 0) is 10.0 Å². The van der Waals surface area contributed by atoms with Crippen LogP contribution in [0.3, 0.4) is 0 Å². The van der Waals surface area contributed by atoms with Gasteiger partial charge in [0.2, 0.25) is 10.0 Å². The van der Waals surface area contributed by atoms with Crippen molar-refractivity contribution in [3.63, 3.8) is 0 Å². The number of carbonyl (C=O) groups excluding carboxylic acids is 1. The quantitative estimate of drug-likeness (QED) is 0.652. The molecule has 4 rings (SSSR count). The molecule has 1 aliphatic carbocycles. The molecule has 2 saturated heterocycles. The summed E-state index contributed by atoms with van der Waals surface area (Å²) in [5.41, 5.74) is 0. The van der Waals surface area contributed by atoms with Gasteiger partial charge in [0, 0.05) is 51.9 Å². The zero-order valence-corrected chi connectivity index (χ0v) is 20.6. The maximum absolute atomic E-state index is 13.0. The van der Waals surface area contributed by atoms with E-state index >= 15 is 0 Å². The van der Waals surface area contributed by atoms with Crippen molar-refractivity contribution in [1.29, 1.82) is 0 Å². The largest absolute Gasteiger partial charge is 0.494 e. The van der Waals surface area contributed by atoms with Gasteiger partial charge in [-0.3, -0.25) is 0 Å². The molecule has 3 aliphatic rings. The highest BCUT2D eigenvalue weighted by molar-refractivity contribution is 7.89. The second kappa shape index (κ2) is 11.1. The summed E-state index contributed by atoms with van der Waals surface area (Å²) in [4.78, 5) is 17.3. The molecule has 0 radical (unpaired) electrons. The summed E-state index contributed by atoms with van der Waals surface area (Å²) in [5, 5.41) is 3.18. The molecule has 9 heteroatoms. The predicted molar refractivity (Wildman–Crippen MR) is 128 cm³/mol. The van der Waals surface area contributed by atoms with E-state index in [0.29, 0.717) is 38.5 Å². The topological polar surface area (TPSA) is 82.2 Å². The van der Waals surface area contributed by atoms with Gasteiger partial charge in [-0.1, -0.05) is 12.8 Å². The number of hydrogen-bond acceptors (Lipinski definition) is 5. The molecule has 1 saturated carbocycles. The summed E-state index contributed by atoms with van der Waals surface area (Å²) in [6, 6.07) is 6.67. The van der Waals surface area contributed by atoms with Crippen molar-refractivity contribution in [3.05, 3.63) is 24.3 Å². The number of sulfonamides is 1. The number of hydrogen-bond donors (Lipinski definition) is 1. The van der Waals surface area contributed by atoms with Gasteiger partial charge < -0.3 is 19.9 Å². The van der Waals surface area contributed by atoms with Crippen molar-refractivity contribution < 1.29 is 17.9 Å². The lowest BCUT2D eigenvalue weighted by molar-refractivity contribution is 0.149. The Morgan fingerprint density at radius 3 is 2.21 bits per heavy atom. The Morgan fingerprint density at radius 1 is 0.970 bits per heavy atom. The third-order valence-electron chi connectivity index (χ3n) is 7.20. The normalized spacial score (nSPS) is 21.9. The van der Waals surface area contributed by atoms with Crippen molar-refractivity contribution >= 4 is 16.1 Å². The number of ether oxygens (including phenoxy) is 1. The maximum atomic E-state index is 13.0. The maximum Gasteiger partial charge on any atom is 0.317 e. The number of nitrogens with one attached hydrogen (secondary N) is 1. The standard InChI is InChI=1S/C24H38N4O4S/c1-2-32-22-7-9-23(10-8-22)33(30,31)28-17-15-27(16-18-28)24(29)25-21-11-13-26(14-12-21)19-20-5-3-4-6-20/h7-10,20-21H,2-6,11-19H2,1H3,(H,25,29). The molecule has 0 atom stereocenters. The van der Waals surface area contributed by atoms with E-state index in [0.717, 1.165) is 31.8 Å². The van der Waals surface area contributed by atoms with Crippen molar-refractivity contribution in [2.75, 3.05) is 52.4 Å². The van der Waals surface area contributed by atoms with Crippen LogP contribution in [0, 0.1) is 5.92 Å². The molecule has 0 unspecified atom stereocenters. The lowest BCUT2D eigenvalue weighted by Gasteiger charge is -2.37. The van der Waals surface area contributed by atoms with Gasteiger partial charge in [0.25, 0.3) is 0 Å². The number of benzene rings is 1. The molecule has 8 nitrogen and oxygen atoms in total. The van der Waals surface area contributed by atoms with Crippen LogP contribution >= 0.6 is 0 Å². The smallest absolute Gasteiger partial charge is 0.317 e. The number of piperazine rings is 1. The molecule has 33 heavy (non-hydrogen) atoms. The van der Waals surface area contributed by atoms with E-state index < -0.39 is 10.0 Å². The van der Waals surface area contributed by atoms with Crippen LogP contribution in [0.2, 0.25) is 0 Å². The van der Waals surface area contributed by atoms with E-state index in [2.05, 4.69) is 10.2 Å². The van der Waals surface area contributed by atoms with Gasteiger partial charge in [0.05, 0.1) is 11.5 Å². The lowest BCUT2D eigenvalue weighted by atomic mass is 10.0. The Hall–Kier alpha value is -1.84. The summed E-state index contributed by atoms with van der Waals surface area (Å²) < 4.78 is 32.8. The van der Waals surface area contributed by atoms with E-state index in [-0.39, 0.29) is 17.0 Å². The zero-order chi connectivity index (χ0) is 23.3. The van der Waals surface area contributed by atoms with Crippen LogP contribution in [0.25, 0.3) is 0 Å². The number of nitrogens with zero attached hydrogens (tertiary/aromatic N) is 3. The summed E-state index contributed by atoms with van der Waals surface area (Å²) in [6.07, 6.45) is 7.49. The van der Waals surface area contributed by atoms with Gasteiger partial charge in [-0.2, -0.15) is 4.31 Å². The fourth-order valence-corrected chi connectivity index (χ4v) is 6.66. The van der Waals surface area contributed by atoms with E-state index in [1.54, 1.807) is 29.2 Å². The molecule has 0 bridgehead atoms. The average Bonchev–Trinajstić information content (AvgIpc) is 3.34. The first-order valence-electron chi connectivity index (χ1n) is 12.5. The van der Waals surface area contributed by atoms with Crippen molar-refractivity contribution in [2.24, 2.45) is 5.92 Å². The van der Waals surface area contributed by atoms with E-state index in [1.165, 1.54) is 36.5 Å². The average molecular weight is 479 g/mol. The Labute approximate surface area is 198 Å². The number of amides is 2. The number of urea groups is 1. The molecule has 2 aliphatic heterocycles. The van der Waals surface area contributed by atoms with Gasteiger partial charge in [0.1, 0.15) is 5.75 Å². The fourth-order valence-electron chi connectivity index (χ4n) is 5.24. The molecular weight excluding hydrogens is 440 g/mol. The van der Waals surface area contributed by atoms with E-state index in [1.807, 2.05) is 6.92 Å². The molecule has 1 N–H and O–H groups in total. The second-order valence-electron chi connectivity index (χ2n) is 9.47. The summed E-state index contributed by atoms with van der Waals surface area (Å²) in [5.74, 6) is 1.52. The minimum absolute atomic E-state index is 0.0673. The molecule has 2 heterocycles. The summed E-state index contributed by atoms with van der Waals surface area (Å²) in [7, 11) is -3.57. The number of rotatable bonds is 7. The monoisotopic (exact) mass is 478 g/mol. The van der Waals surface area contributed by atoms with Crippen molar-refractivity contribution in [3.8, 4) is 5.75 Å². The molecular formula is C24H38N4O4S. The number of likely N-dealkylation sites (tertiary alicyclic amines) is 1. The Balaban J connectivity index is 1.21. The van der Waals surface area contributed by atoms with E-state index in [4.69, 9.17) is 4.74 Å². The van der Waals surface area contributed by atoms with E-state index in [9.17, 15) is 13.2 Å². The highest BCUT2D eigenvalue weighted by atomic mass is 32.2. The SMILES string of the molecule is CCOc1ccc(S(=O)(=O)N2CCN(C(=O)NC3CCN(CC4CCCC4)CC3)CC2)cc1. The fraction of sp³-hybridized carbons (Fsp3) is 0.708. The van der Waals surface area contributed by atoms with Crippen LogP contribution in [0.1, 0.15) is 45.4 Å². The zero-order valence-electron chi connectivity index (χ0n) is 19.7. The molecule has 0 aromatic heterocycles. The lowest BCUT2D eigenvalue weighted by Crippen LogP contribution is -2.55. The van der Waals surface area contributed by atoms with Crippen LogP contribution in [0.4, 0.5) is 4.79 Å². The highest BCUT2D eigenvalue weighted by Gasteiger charge is 2.31. The van der Waals surface area contributed by atoms with Crippen molar-refractivity contribution in [2.45, 2.75) is 56.4 Å². The third-order valence-corrected chi connectivity index (χ3v) is 9.12. The molecule has 2 amide bonds. The minimum atomic E-state index is -3.57. The summed E-state index contributed by atoms with van der Waals surface area (Å²) >= 11 is 0. The number of piperidine rings is 1. The van der Waals surface area contributed by atoms with Gasteiger partial charge in [0.15, 0.2) is 0 Å². The van der Waals surface area contributed by atoms with Crippen LogP contribution in [-0.4, -0.2) is 87.0 Å². The Kier molecular flexibility index (Phi) is 8.14. The second-order valence-corrected chi connectivity index (χ2v) is 11.4. The minimum Gasteiger partial charge on any atom is -0.494 e. The van der Waals surface area contributed by atoms with Gasteiger partial charge in [-0.05, 0) is 62.8 Å². The first kappa shape index (κ1) is 24.3. The third kappa shape index (κ3) is 6.19. The van der Waals surface area contributed by atoms with Gasteiger partial charge in [-0.15, -0.1) is 0 Å². The first-order chi connectivity index (χ1) is 16.0. The van der Waals surface area contributed by atoms with Gasteiger partial charge >= 0.3 is 6.03 Å². The van der Waals surface area contributed by atoms with Crippen LogP contribution < -0.4 is 10.1 Å². The highest BCUT2D eigenvalue weighted by Crippen LogP contribution is 2.26. The summed E-state index contributed by atoms with van der Waals surface area (Å²) in [6.45, 7) is 7.17. The molecule has 1 aromatic rings. The number of carbonyl (C=O) groups is 1. The molecule has 184 valence electrons. The molecule has 1 aromatic carbocycles. The molecule has 3 fully saturated rings. The van der Waals surface area contributed by atoms with Crippen LogP contribution in [0.5, 0.6) is 5.75 Å². The molecule has 0 spiro atoms. The Morgan fingerprint density at radius 2 is 1.61 bits per heavy atom. The van der Waals surface area contributed by atoms with Crippen LogP contribution in [0.15, 0.2) is 29.2 Å².